The van der Waals surface area contributed by atoms with Crippen LogP contribution in [-0.2, 0) is 9.84 Å². The summed E-state index contributed by atoms with van der Waals surface area (Å²) in [5.74, 6) is 0.751. The molecule has 0 spiro atoms. The first kappa shape index (κ1) is 12.9. The molecule has 3 rings (SSSR count). The van der Waals surface area contributed by atoms with Crippen molar-refractivity contribution in [2.24, 2.45) is 0 Å². The summed E-state index contributed by atoms with van der Waals surface area (Å²) in [6, 6.07) is 0.674. The van der Waals surface area contributed by atoms with Gasteiger partial charge in [0.15, 0.2) is 9.84 Å². The predicted octanol–water partition coefficient (Wildman–Crippen LogP) is 0.734. The lowest BCUT2D eigenvalue weighted by Crippen LogP contribution is -2.50. The van der Waals surface area contributed by atoms with Crippen LogP contribution in [0.3, 0.4) is 0 Å². The predicted molar refractivity (Wildman–Crippen MR) is 72.5 cm³/mol. The van der Waals surface area contributed by atoms with Gasteiger partial charge in [0, 0.05) is 18.1 Å². The van der Waals surface area contributed by atoms with E-state index >= 15 is 0 Å². The van der Waals surface area contributed by atoms with Gasteiger partial charge in [-0.25, -0.2) is 8.42 Å². The van der Waals surface area contributed by atoms with Gasteiger partial charge in [-0.1, -0.05) is 0 Å². The third-order valence-corrected chi connectivity index (χ3v) is 6.94. The molecule has 0 aromatic rings. The molecule has 0 aliphatic carbocycles. The normalized spacial score (nSPS) is 41.7. The molecule has 0 N–H and O–H groups in total. The summed E-state index contributed by atoms with van der Waals surface area (Å²) in [7, 11) is -2.79. The highest BCUT2D eigenvalue weighted by Crippen LogP contribution is 2.32. The molecule has 0 radical (unpaired) electrons. The van der Waals surface area contributed by atoms with Crippen molar-refractivity contribution in [2.45, 2.75) is 44.2 Å². The molecule has 3 aliphatic heterocycles. The second-order valence-corrected chi connectivity index (χ2v) is 8.65. The van der Waals surface area contributed by atoms with E-state index in [1.54, 1.807) is 0 Å². The fourth-order valence-electron chi connectivity index (χ4n) is 3.94. The number of hydrogen-bond donors (Lipinski definition) is 0. The first-order valence-corrected chi connectivity index (χ1v) is 9.00. The highest BCUT2D eigenvalue weighted by Gasteiger charge is 2.44. The van der Waals surface area contributed by atoms with Gasteiger partial charge in [0.05, 0.1) is 11.5 Å². The Balaban J connectivity index is 1.75. The molecule has 3 aliphatic rings. The summed E-state index contributed by atoms with van der Waals surface area (Å²) in [6.07, 6.45) is 4.61. The van der Waals surface area contributed by atoms with E-state index in [9.17, 15) is 8.42 Å². The first-order valence-electron chi connectivity index (χ1n) is 7.18. The number of fused-ring (bicyclic) bond motifs is 1. The van der Waals surface area contributed by atoms with Crippen molar-refractivity contribution >= 4 is 9.84 Å². The van der Waals surface area contributed by atoms with Crippen LogP contribution in [0, 0.1) is 0 Å². The molecular weight excluding hydrogens is 248 g/mol. The second-order valence-electron chi connectivity index (χ2n) is 6.47. The van der Waals surface area contributed by atoms with E-state index in [4.69, 9.17) is 0 Å². The van der Waals surface area contributed by atoms with Crippen LogP contribution in [0.5, 0.6) is 0 Å². The molecule has 3 fully saturated rings. The van der Waals surface area contributed by atoms with Crippen LogP contribution >= 0.6 is 0 Å². The summed E-state index contributed by atoms with van der Waals surface area (Å²) in [4.78, 5) is 5.08. The molecule has 4 nitrogen and oxygen atoms in total. The van der Waals surface area contributed by atoms with Gasteiger partial charge < -0.3 is 0 Å². The minimum atomic E-state index is -2.79. The first-order chi connectivity index (χ1) is 8.49. The van der Waals surface area contributed by atoms with Gasteiger partial charge in [-0.3, -0.25) is 9.80 Å². The second kappa shape index (κ2) is 4.46. The van der Waals surface area contributed by atoms with Gasteiger partial charge in [0.1, 0.15) is 0 Å². The maximum atomic E-state index is 11.8. The van der Waals surface area contributed by atoms with Crippen LogP contribution in [0.25, 0.3) is 0 Å². The Morgan fingerprint density at radius 1 is 1.17 bits per heavy atom. The highest BCUT2D eigenvalue weighted by molar-refractivity contribution is 7.91. The third kappa shape index (κ3) is 2.32. The lowest BCUT2D eigenvalue weighted by atomic mass is 9.98. The smallest absolute Gasteiger partial charge is 0.152 e. The fourth-order valence-corrected chi connectivity index (χ4v) is 6.11. The van der Waals surface area contributed by atoms with Gasteiger partial charge in [-0.2, -0.15) is 0 Å². The van der Waals surface area contributed by atoms with Crippen molar-refractivity contribution in [3.63, 3.8) is 0 Å². The van der Waals surface area contributed by atoms with Gasteiger partial charge in [-0.15, -0.1) is 0 Å². The molecule has 2 atom stereocenters. The molecule has 5 heteroatoms. The molecule has 0 aromatic carbocycles. The molecule has 0 bridgehead atoms. The Morgan fingerprint density at radius 2 is 1.94 bits per heavy atom. The van der Waals surface area contributed by atoms with E-state index in [1.165, 1.54) is 32.4 Å². The van der Waals surface area contributed by atoms with Gasteiger partial charge in [0.2, 0.25) is 0 Å². The van der Waals surface area contributed by atoms with Crippen LogP contribution in [0.15, 0.2) is 0 Å². The van der Waals surface area contributed by atoms with Gasteiger partial charge in [-0.05, 0) is 52.2 Å². The van der Waals surface area contributed by atoms with Crippen molar-refractivity contribution in [3.05, 3.63) is 0 Å². The van der Waals surface area contributed by atoms with Crippen molar-refractivity contribution in [1.82, 2.24) is 9.80 Å². The average Bonchev–Trinajstić information content (AvgIpc) is 2.77. The lowest BCUT2D eigenvalue weighted by Gasteiger charge is -2.38. The fraction of sp³-hybridized carbons (Fsp3) is 1.00. The van der Waals surface area contributed by atoms with Crippen molar-refractivity contribution in [1.29, 1.82) is 0 Å². The molecule has 3 saturated heterocycles. The van der Waals surface area contributed by atoms with E-state index in [-0.39, 0.29) is 5.54 Å². The quantitative estimate of drug-likeness (QED) is 0.706. The Bertz CT molecular complexity index is 423. The summed E-state index contributed by atoms with van der Waals surface area (Å²) in [6.45, 7) is 6.74. The standard InChI is InChI=1S/C13H24N2O2S/c1-13(5-9-18(16,17)11-13)15-8-3-7-14-6-2-4-12(14)10-15/h12H,2-11H2,1H3. The lowest BCUT2D eigenvalue weighted by molar-refractivity contribution is 0.113. The Labute approximate surface area is 110 Å². The van der Waals surface area contributed by atoms with Gasteiger partial charge >= 0.3 is 0 Å². The highest BCUT2D eigenvalue weighted by atomic mass is 32.2. The van der Waals surface area contributed by atoms with Crippen LogP contribution in [-0.4, -0.2) is 67.5 Å². The number of nitrogens with zero attached hydrogens (tertiary/aromatic N) is 2. The summed E-state index contributed by atoms with van der Waals surface area (Å²) in [5, 5.41) is 0. The molecular formula is C13H24N2O2S. The average molecular weight is 272 g/mol. The maximum Gasteiger partial charge on any atom is 0.152 e. The largest absolute Gasteiger partial charge is 0.299 e. The number of rotatable bonds is 1. The van der Waals surface area contributed by atoms with Gasteiger partial charge in [0.25, 0.3) is 0 Å². The van der Waals surface area contributed by atoms with Crippen molar-refractivity contribution < 1.29 is 8.42 Å². The monoisotopic (exact) mass is 272 g/mol. The SMILES string of the molecule is CC1(N2CCCN3CCCC3C2)CCS(=O)(=O)C1. The molecule has 0 aromatic heterocycles. The molecule has 3 heterocycles. The minimum Gasteiger partial charge on any atom is -0.299 e. The molecule has 0 saturated carbocycles. The van der Waals surface area contributed by atoms with E-state index in [0.29, 0.717) is 17.5 Å². The Morgan fingerprint density at radius 3 is 2.67 bits per heavy atom. The van der Waals surface area contributed by atoms with Crippen molar-refractivity contribution in [3.8, 4) is 0 Å². The molecule has 0 amide bonds. The Hall–Kier alpha value is -0.130. The van der Waals surface area contributed by atoms with Crippen LogP contribution in [0.2, 0.25) is 0 Å². The molecule has 18 heavy (non-hydrogen) atoms. The van der Waals surface area contributed by atoms with E-state index in [1.807, 2.05) is 0 Å². The van der Waals surface area contributed by atoms with Crippen molar-refractivity contribution in [2.75, 3.05) is 37.7 Å². The van der Waals surface area contributed by atoms with E-state index in [2.05, 4.69) is 16.7 Å². The number of sulfone groups is 1. The summed E-state index contributed by atoms with van der Waals surface area (Å²) in [5.41, 5.74) is -0.0998. The third-order valence-electron chi connectivity index (χ3n) is 5.05. The van der Waals surface area contributed by atoms with Crippen LogP contribution in [0.4, 0.5) is 0 Å². The van der Waals surface area contributed by atoms with E-state index in [0.717, 1.165) is 19.5 Å². The van der Waals surface area contributed by atoms with Crippen LogP contribution in [0.1, 0.15) is 32.6 Å². The number of hydrogen-bond acceptors (Lipinski definition) is 4. The van der Waals surface area contributed by atoms with E-state index < -0.39 is 9.84 Å². The minimum absolute atomic E-state index is 0.0998. The topological polar surface area (TPSA) is 40.6 Å². The molecule has 104 valence electrons. The zero-order valence-electron chi connectivity index (χ0n) is 11.3. The summed E-state index contributed by atoms with van der Waals surface area (Å²) < 4.78 is 23.5. The maximum absolute atomic E-state index is 11.8. The Kier molecular flexibility index (Phi) is 3.19. The summed E-state index contributed by atoms with van der Waals surface area (Å²) >= 11 is 0. The molecule has 2 unspecified atom stereocenters. The van der Waals surface area contributed by atoms with Crippen LogP contribution < -0.4 is 0 Å². The zero-order valence-corrected chi connectivity index (χ0v) is 12.1. The zero-order chi connectivity index (χ0) is 12.8.